The molecule has 116 valence electrons. The molecule has 0 saturated carbocycles. The first kappa shape index (κ1) is 15.7. The number of carbonyl (C=O) groups is 2. The van der Waals surface area contributed by atoms with E-state index in [1.165, 1.54) is 4.68 Å². The summed E-state index contributed by atoms with van der Waals surface area (Å²) in [6.07, 6.45) is 0.380. The molecule has 0 saturated heterocycles. The molecule has 0 fully saturated rings. The largest absolute Gasteiger partial charge is 0.479 e. The van der Waals surface area contributed by atoms with Gasteiger partial charge in [-0.25, -0.2) is 14.3 Å². The maximum atomic E-state index is 11.7. The summed E-state index contributed by atoms with van der Waals surface area (Å²) in [7, 11) is 0. The maximum Gasteiger partial charge on any atom is 0.358 e. The molecule has 22 heavy (non-hydrogen) atoms. The van der Waals surface area contributed by atoms with Crippen molar-refractivity contribution in [3.8, 4) is 0 Å². The second kappa shape index (κ2) is 6.38. The lowest BCUT2D eigenvalue weighted by Gasteiger charge is -2.16. The van der Waals surface area contributed by atoms with Crippen LogP contribution in [0, 0.1) is 5.92 Å². The fourth-order valence-electron chi connectivity index (χ4n) is 2.29. The second-order valence-corrected chi connectivity index (χ2v) is 5.38. The van der Waals surface area contributed by atoms with Crippen LogP contribution >= 0.6 is 0 Å². The van der Waals surface area contributed by atoms with Gasteiger partial charge in [0.15, 0.2) is 11.7 Å². The SMILES string of the molecule is CC(C)Cc1c(C(=O)O)nnn1C(C(=O)O)c1ccccc1. The first-order valence-electron chi connectivity index (χ1n) is 6.87. The Labute approximate surface area is 127 Å². The van der Waals surface area contributed by atoms with Gasteiger partial charge in [0.2, 0.25) is 0 Å². The highest BCUT2D eigenvalue weighted by molar-refractivity contribution is 5.86. The molecule has 1 atom stereocenters. The Hall–Kier alpha value is -2.70. The van der Waals surface area contributed by atoms with E-state index >= 15 is 0 Å². The van der Waals surface area contributed by atoms with Crippen LogP contribution in [0.25, 0.3) is 0 Å². The van der Waals surface area contributed by atoms with Crippen LogP contribution < -0.4 is 0 Å². The zero-order valence-corrected chi connectivity index (χ0v) is 12.3. The van der Waals surface area contributed by atoms with Gasteiger partial charge in [0.1, 0.15) is 0 Å². The number of rotatable bonds is 6. The third-order valence-electron chi connectivity index (χ3n) is 3.19. The number of aromatic carboxylic acids is 1. The average molecular weight is 303 g/mol. The number of carboxylic acid groups (broad SMARTS) is 2. The van der Waals surface area contributed by atoms with Crippen molar-refractivity contribution in [2.45, 2.75) is 26.3 Å². The Bertz CT molecular complexity index is 679. The van der Waals surface area contributed by atoms with E-state index < -0.39 is 18.0 Å². The van der Waals surface area contributed by atoms with Gasteiger partial charge in [0.05, 0.1) is 5.69 Å². The molecule has 2 aromatic rings. The second-order valence-electron chi connectivity index (χ2n) is 5.38. The third kappa shape index (κ3) is 3.13. The number of aliphatic carboxylic acids is 1. The highest BCUT2D eigenvalue weighted by Crippen LogP contribution is 2.23. The lowest BCUT2D eigenvalue weighted by molar-refractivity contribution is -0.139. The minimum Gasteiger partial charge on any atom is -0.479 e. The van der Waals surface area contributed by atoms with E-state index in [-0.39, 0.29) is 11.6 Å². The minimum atomic E-state index is -1.21. The van der Waals surface area contributed by atoms with Gasteiger partial charge in [-0.05, 0) is 17.9 Å². The fourth-order valence-corrected chi connectivity index (χ4v) is 2.29. The van der Waals surface area contributed by atoms with E-state index in [9.17, 15) is 19.8 Å². The van der Waals surface area contributed by atoms with E-state index in [1.54, 1.807) is 30.3 Å². The lowest BCUT2D eigenvalue weighted by Crippen LogP contribution is -2.24. The van der Waals surface area contributed by atoms with Gasteiger partial charge in [-0.15, -0.1) is 5.10 Å². The van der Waals surface area contributed by atoms with Crippen LogP contribution in [-0.2, 0) is 11.2 Å². The van der Waals surface area contributed by atoms with Gasteiger partial charge in [-0.3, -0.25) is 0 Å². The fraction of sp³-hybridized carbons (Fsp3) is 0.333. The summed E-state index contributed by atoms with van der Waals surface area (Å²) in [5.41, 5.74) is 0.636. The van der Waals surface area contributed by atoms with Gasteiger partial charge < -0.3 is 10.2 Å². The topological polar surface area (TPSA) is 105 Å². The minimum absolute atomic E-state index is 0.139. The average Bonchev–Trinajstić information content (AvgIpc) is 2.83. The van der Waals surface area contributed by atoms with Crippen molar-refractivity contribution in [2.24, 2.45) is 5.92 Å². The van der Waals surface area contributed by atoms with Gasteiger partial charge >= 0.3 is 11.9 Å². The van der Waals surface area contributed by atoms with Crippen LogP contribution in [0.1, 0.15) is 41.6 Å². The molecule has 2 N–H and O–H groups in total. The zero-order chi connectivity index (χ0) is 16.3. The molecule has 7 heteroatoms. The summed E-state index contributed by atoms with van der Waals surface area (Å²) < 4.78 is 1.20. The maximum absolute atomic E-state index is 11.7. The molecule has 1 heterocycles. The first-order chi connectivity index (χ1) is 10.4. The molecule has 0 aliphatic rings. The van der Waals surface area contributed by atoms with Crippen molar-refractivity contribution in [1.82, 2.24) is 15.0 Å². The Balaban J connectivity index is 2.57. The highest BCUT2D eigenvalue weighted by Gasteiger charge is 2.29. The summed E-state index contributed by atoms with van der Waals surface area (Å²) >= 11 is 0. The van der Waals surface area contributed by atoms with Crippen LogP contribution in [-0.4, -0.2) is 37.1 Å². The summed E-state index contributed by atoms with van der Waals surface area (Å²) in [6, 6.07) is 7.46. The molecule has 1 aromatic carbocycles. The summed E-state index contributed by atoms with van der Waals surface area (Å²) in [6.45, 7) is 3.84. The normalized spacial score (nSPS) is 12.3. The van der Waals surface area contributed by atoms with Crippen LogP contribution in [0.3, 0.4) is 0 Å². The van der Waals surface area contributed by atoms with Crippen molar-refractivity contribution in [1.29, 1.82) is 0 Å². The molecule has 0 aliphatic carbocycles. The Morgan fingerprint density at radius 3 is 2.32 bits per heavy atom. The number of benzene rings is 1. The molecule has 0 spiro atoms. The quantitative estimate of drug-likeness (QED) is 0.843. The molecule has 1 unspecified atom stereocenters. The number of nitrogens with zero attached hydrogens (tertiary/aromatic N) is 3. The van der Waals surface area contributed by atoms with E-state index in [2.05, 4.69) is 10.3 Å². The highest BCUT2D eigenvalue weighted by atomic mass is 16.4. The standard InChI is InChI=1S/C15H17N3O4/c1-9(2)8-11-12(14(19)20)16-17-18(11)13(15(21)22)10-6-4-3-5-7-10/h3-7,9,13H,8H2,1-2H3,(H,19,20)(H,21,22). The van der Waals surface area contributed by atoms with Crippen LogP contribution in [0.2, 0.25) is 0 Å². The molecular weight excluding hydrogens is 286 g/mol. The van der Waals surface area contributed by atoms with E-state index in [4.69, 9.17) is 0 Å². The molecule has 0 amide bonds. The Kier molecular flexibility index (Phi) is 4.55. The van der Waals surface area contributed by atoms with Crippen molar-refractivity contribution in [3.05, 3.63) is 47.3 Å². The van der Waals surface area contributed by atoms with Crippen molar-refractivity contribution in [3.63, 3.8) is 0 Å². The van der Waals surface area contributed by atoms with Crippen LogP contribution in [0.15, 0.2) is 30.3 Å². The summed E-state index contributed by atoms with van der Waals surface area (Å²) in [5, 5.41) is 26.2. The van der Waals surface area contributed by atoms with Crippen molar-refractivity contribution < 1.29 is 19.8 Å². The molecule has 2 rings (SSSR count). The summed E-state index contributed by atoms with van der Waals surface area (Å²) in [5.74, 6) is -2.18. The number of carboxylic acids is 2. The number of hydrogen-bond donors (Lipinski definition) is 2. The van der Waals surface area contributed by atoms with Crippen molar-refractivity contribution in [2.75, 3.05) is 0 Å². The predicted molar refractivity (Wildman–Crippen MR) is 77.7 cm³/mol. The Morgan fingerprint density at radius 2 is 1.82 bits per heavy atom. The molecular formula is C15H17N3O4. The van der Waals surface area contributed by atoms with E-state index in [1.807, 2.05) is 13.8 Å². The molecule has 1 aromatic heterocycles. The van der Waals surface area contributed by atoms with Gasteiger partial charge in [0, 0.05) is 0 Å². The molecule has 0 bridgehead atoms. The predicted octanol–water partition coefficient (Wildman–Crippen LogP) is 1.85. The van der Waals surface area contributed by atoms with Gasteiger partial charge in [0.25, 0.3) is 0 Å². The Morgan fingerprint density at radius 1 is 1.18 bits per heavy atom. The van der Waals surface area contributed by atoms with Crippen LogP contribution in [0.5, 0.6) is 0 Å². The van der Waals surface area contributed by atoms with Crippen LogP contribution in [0.4, 0.5) is 0 Å². The summed E-state index contributed by atoms with van der Waals surface area (Å²) in [4.78, 5) is 23.0. The van der Waals surface area contributed by atoms with Gasteiger partial charge in [-0.1, -0.05) is 49.4 Å². The first-order valence-corrected chi connectivity index (χ1v) is 6.87. The molecule has 7 nitrogen and oxygen atoms in total. The smallest absolute Gasteiger partial charge is 0.358 e. The number of hydrogen-bond acceptors (Lipinski definition) is 4. The van der Waals surface area contributed by atoms with Crippen molar-refractivity contribution >= 4 is 11.9 Å². The molecule has 0 radical (unpaired) electrons. The monoisotopic (exact) mass is 303 g/mol. The zero-order valence-electron chi connectivity index (χ0n) is 12.3. The third-order valence-corrected chi connectivity index (χ3v) is 3.19. The van der Waals surface area contributed by atoms with E-state index in [0.29, 0.717) is 17.7 Å². The van der Waals surface area contributed by atoms with Gasteiger partial charge in [-0.2, -0.15) is 0 Å². The lowest BCUT2D eigenvalue weighted by atomic mass is 10.0. The molecule has 0 aliphatic heterocycles. The van der Waals surface area contributed by atoms with E-state index in [0.717, 1.165) is 0 Å². The number of aromatic nitrogens is 3.